The van der Waals surface area contributed by atoms with Gasteiger partial charge < -0.3 is 10.4 Å². The van der Waals surface area contributed by atoms with Crippen LogP contribution in [0.15, 0.2) is 42.5 Å². The summed E-state index contributed by atoms with van der Waals surface area (Å²) in [5.74, 6) is -0.603. The highest BCUT2D eigenvalue weighted by Gasteiger charge is 2.14. The lowest BCUT2D eigenvalue weighted by Crippen LogP contribution is -2.43. The van der Waals surface area contributed by atoms with Crippen molar-refractivity contribution >= 4 is 34.9 Å². The molecule has 0 fully saturated rings. The van der Waals surface area contributed by atoms with E-state index in [1.165, 1.54) is 36.4 Å². The average molecular weight is 351 g/mol. The number of phenolic OH excluding ortho intramolecular Hbond substituents is 1. The molecule has 0 heterocycles. The van der Waals surface area contributed by atoms with Gasteiger partial charge in [-0.15, -0.1) is 0 Å². The summed E-state index contributed by atoms with van der Waals surface area (Å²) in [5, 5.41) is 22.2. The fourth-order valence-electron chi connectivity index (χ4n) is 1.69. The summed E-state index contributed by atoms with van der Waals surface area (Å²) >= 11 is 5.66. The van der Waals surface area contributed by atoms with Crippen LogP contribution < -0.4 is 16.2 Å². The highest BCUT2D eigenvalue weighted by atomic mass is 35.5. The number of carbonyl (C=O) groups excluding carboxylic acids is 2. The number of urea groups is 1. The number of hydrazine groups is 1. The summed E-state index contributed by atoms with van der Waals surface area (Å²) in [6.45, 7) is 0. The second kappa shape index (κ2) is 7.29. The average Bonchev–Trinajstić information content (AvgIpc) is 2.55. The Kier molecular flexibility index (Phi) is 5.17. The predicted octanol–water partition coefficient (Wildman–Crippen LogP) is 2.42. The maximum atomic E-state index is 11.8. The monoisotopic (exact) mass is 350 g/mol. The van der Waals surface area contributed by atoms with E-state index < -0.39 is 16.9 Å². The minimum Gasteiger partial charge on any atom is -0.508 e. The third-order valence-electron chi connectivity index (χ3n) is 2.82. The predicted molar refractivity (Wildman–Crippen MR) is 85.8 cm³/mol. The van der Waals surface area contributed by atoms with Gasteiger partial charge in [-0.1, -0.05) is 11.6 Å². The van der Waals surface area contributed by atoms with Crippen LogP contribution in [0.25, 0.3) is 0 Å². The van der Waals surface area contributed by atoms with Crippen molar-refractivity contribution in [2.24, 2.45) is 0 Å². The summed E-state index contributed by atoms with van der Waals surface area (Å²) in [4.78, 5) is 33.5. The molecule has 0 aliphatic carbocycles. The molecule has 0 bridgehead atoms. The Bertz CT molecular complexity index is 794. The van der Waals surface area contributed by atoms with Gasteiger partial charge in [-0.2, -0.15) is 0 Å². The Hall–Kier alpha value is -3.33. The van der Waals surface area contributed by atoms with Gasteiger partial charge in [0.2, 0.25) is 0 Å². The van der Waals surface area contributed by atoms with Gasteiger partial charge in [0.1, 0.15) is 10.8 Å². The number of halogens is 1. The number of carbonyl (C=O) groups is 2. The molecule has 0 aliphatic rings. The molecule has 2 aromatic rings. The van der Waals surface area contributed by atoms with Crippen LogP contribution in [0.1, 0.15) is 10.4 Å². The number of nitrogens with one attached hydrogen (secondary N) is 3. The summed E-state index contributed by atoms with van der Waals surface area (Å²) in [7, 11) is 0. The van der Waals surface area contributed by atoms with Crippen molar-refractivity contribution in [1.29, 1.82) is 0 Å². The quantitative estimate of drug-likeness (QED) is 0.498. The van der Waals surface area contributed by atoms with E-state index in [0.29, 0.717) is 0 Å². The van der Waals surface area contributed by atoms with Crippen molar-refractivity contribution < 1.29 is 19.6 Å². The van der Waals surface area contributed by atoms with E-state index in [2.05, 4.69) is 16.2 Å². The van der Waals surface area contributed by atoms with Gasteiger partial charge in [0, 0.05) is 17.3 Å². The molecule has 0 unspecified atom stereocenters. The molecule has 3 amide bonds. The molecule has 0 aromatic heterocycles. The number of anilines is 1. The molecule has 2 rings (SSSR count). The summed E-state index contributed by atoms with van der Waals surface area (Å²) < 4.78 is 0. The van der Waals surface area contributed by atoms with Crippen LogP contribution in [-0.4, -0.2) is 22.0 Å². The van der Waals surface area contributed by atoms with Crippen molar-refractivity contribution in [2.45, 2.75) is 0 Å². The molecule has 0 saturated carbocycles. The molecule has 24 heavy (non-hydrogen) atoms. The first kappa shape index (κ1) is 17.0. The third kappa shape index (κ3) is 4.34. The molecule has 124 valence electrons. The summed E-state index contributed by atoms with van der Waals surface area (Å²) in [6, 6.07) is 8.30. The standard InChI is InChI=1S/C14H11ClN4O5/c15-11-6-3-9(7-12(11)19(23)24)16-14(22)18-17-13(21)8-1-4-10(20)5-2-8/h1-7,20H,(H,17,21)(H2,16,18,22). The van der Waals surface area contributed by atoms with Gasteiger partial charge in [0.25, 0.3) is 11.6 Å². The van der Waals surface area contributed by atoms with Crippen molar-refractivity contribution in [1.82, 2.24) is 10.9 Å². The van der Waals surface area contributed by atoms with E-state index in [-0.39, 0.29) is 27.7 Å². The maximum absolute atomic E-state index is 11.8. The van der Waals surface area contributed by atoms with E-state index in [1.807, 2.05) is 0 Å². The number of hydrogen-bond acceptors (Lipinski definition) is 5. The Labute approximate surface area is 140 Å². The van der Waals surface area contributed by atoms with E-state index >= 15 is 0 Å². The normalized spacial score (nSPS) is 9.88. The number of nitro groups is 1. The third-order valence-corrected chi connectivity index (χ3v) is 3.14. The Morgan fingerprint density at radius 2 is 1.75 bits per heavy atom. The Morgan fingerprint density at radius 1 is 1.08 bits per heavy atom. The van der Waals surface area contributed by atoms with E-state index in [0.717, 1.165) is 6.07 Å². The van der Waals surface area contributed by atoms with Crippen molar-refractivity contribution in [3.8, 4) is 5.75 Å². The van der Waals surface area contributed by atoms with Crippen LogP contribution in [0.4, 0.5) is 16.2 Å². The zero-order chi connectivity index (χ0) is 17.7. The Morgan fingerprint density at radius 3 is 2.38 bits per heavy atom. The van der Waals surface area contributed by atoms with Crippen LogP contribution in [0.2, 0.25) is 5.02 Å². The molecule has 4 N–H and O–H groups in total. The first-order chi connectivity index (χ1) is 11.4. The van der Waals surface area contributed by atoms with Crippen LogP contribution in [0.5, 0.6) is 5.75 Å². The minimum absolute atomic E-state index is 0.00147. The zero-order valence-electron chi connectivity index (χ0n) is 11.9. The SMILES string of the molecule is O=C(NNC(=O)c1ccc(O)cc1)Nc1ccc(Cl)c([N+](=O)[O-])c1. The molecule has 10 heteroatoms. The van der Waals surface area contributed by atoms with Gasteiger partial charge in [0.05, 0.1) is 4.92 Å². The molecule has 0 aliphatic heterocycles. The number of nitrogens with zero attached hydrogens (tertiary/aromatic N) is 1. The molecule has 9 nitrogen and oxygen atoms in total. The van der Waals surface area contributed by atoms with E-state index in [4.69, 9.17) is 16.7 Å². The molecular weight excluding hydrogens is 340 g/mol. The van der Waals surface area contributed by atoms with Crippen LogP contribution >= 0.6 is 11.6 Å². The smallest absolute Gasteiger partial charge is 0.337 e. The van der Waals surface area contributed by atoms with Crippen molar-refractivity contribution in [2.75, 3.05) is 5.32 Å². The van der Waals surface area contributed by atoms with Gasteiger partial charge >= 0.3 is 6.03 Å². The second-order valence-corrected chi connectivity index (χ2v) is 4.91. The van der Waals surface area contributed by atoms with Crippen molar-refractivity contribution in [3.63, 3.8) is 0 Å². The first-order valence-electron chi connectivity index (χ1n) is 6.47. The van der Waals surface area contributed by atoms with Crippen LogP contribution in [-0.2, 0) is 0 Å². The lowest BCUT2D eigenvalue weighted by atomic mass is 10.2. The minimum atomic E-state index is -0.807. The number of hydrogen-bond donors (Lipinski definition) is 4. The summed E-state index contributed by atoms with van der Waals surface area (Å²) in [5.41, 5.74) is 4.22. The number of phenols is 1. The molecular formula is C14H11ClN4O5. The number of nitro benzene ring substituents is 1. The topological polar surface area (TPSA) is 134 Å². The number of benzene rings is 2. The largest absolute Gasteiger partial charge is 0.508 e. The first-order valence-corrected chi connectivity index (χ1v) is 6.85. The molecule has 2 aromatic carbocycles. The fourth-order valence-corrected chi connectivity index (χ4v) is 1.88. The van der Waals surface area contributed by atoms with E-state index in [1.54, 1.807) is 0 Å². The molecule has 0 spiro atoms. The van der Waals surface area contributed by atoms with E-state index in [9.17, 15) is 19.7 Å². The van der Waals surface area contributed by atoms with Gasteiger partial charge in [0.15, 0.2) is 0 Å². The number of aromatic hydroxyl groups is 1. The van der Waals surface area contributed by atoms with Crippen LogP contribution in [0.3, 0.4) is 0 Å². The number of rotatable bonds is 3. The van der Waals surface area contributed by atoms with Gasteiger partial charge in [-0.3, -0.25) is 20.3 Å². The fraction of sp³-hybridized carbons (Fsp3) is 0. The second-order valence-electron chi connectivity index (χ2n) is 4.50. The zero-order valence-corrected chi connectivity index (χ0v) is 12.7. The van der Waals surface area contributed by atoms with Crippen molar-refractivity contribution in [3.05, 3.63) is 63.2 Å². The maximum Gasteiger partial charge on any atom is 0.337 e. The number of amides is 3. The molecule has 0 saturated heterocycles. The Balaban J connectivity index is 1.94. The lowest BCUT2D eigenvalue weighted by Gasteiger charge is -2.09. The highest BCUT2D eigenvalue weighted by molar-refractivity contribution is 6.32. The van der Waals surface area contributed by atoms with Gasteiger partial charge in [-0.25, -0.2) is 10.2 Å². The molecule has 0 atom stereocenters. The molecule has 0 radical (unpaired) electrons. The lowest BCUT2D eigenvalue weighted by molar-refractivity contribution is -0.384. The van der Waals surface area contributed by atoms with Gasteiger partial charge in [-0.05, 0) is 36.4 Å². The summed E-state index contributed by atoms with van der Waals surface area (Å²) in [6.07, 6.45) is 0. The highest BCUT2D eigenvalue weighted by Crippen LogP contribution is 2.27. The van der Waals surface area contributed by atoms with Crippen LogP contribution in [0, 0.1) is 10.1 Å².